The number of nitrogens with one attached hydrogen (secondary N) is 2. The average molecular weight is 510 g/mol. The van der Waals surface area contributed by atoms with Crippen LogP contribution in [0.3, 0.4) is 0 Å². The molecule has 0 fully saturated rings. The lowest BCUT2D eigenvalue weighted by atomic mass is 9.96. The van der Waals surface area contributed by atoms with E-state index in [4.69, 9.17) is 15.6 Å². The van der Waals surface area contributed by atoms with Crippen molar-refractivity contribution in [3.8, 4) is 16.9 Å². The summed E-state index contributed by atoms with van der Waals surface area (Å²) in [7, 11) is 0. The summed E-state index contributed by atoms with van der Waals surface area (Å²) in [6.07, 6.45) is 1.29. The molecule has 0 spiro atoms. The van der Waals surface area contributed by atoms with Gasteiger partial charge < -0.3 is 20.6 Å². The molecule has 2 aromatic heterocycles. The van der Waals surface area contributed by atoms with Gasteiger partial charge in [0.05, 0.1) is 22.7 Å². The largest absolute Gasteiger partial charge is 0.508 e. The van der Waals surface area contributed by atoms with Crippen molar-refractivity contribution in [1.29, 1.82) is 5.41 Å². The molecule has 184 valence electrons. The fourth-order valence-electron chi connectivity index (χ4n) is 4.33. The first-order valence-corrected chi connectivity index (χ1v) is 11.9. The first kappa shape index (κ1) is 24.1. The Hall–Kier alpha value is -4.63. The van der Waals surface area contributed by atoms with Crippen LogP contribution in [0.15, 0.2) is 93.2 Å². The molecule has 0 bridgehead atoms. The first-order chi connectivity index (χ1) is 17.8. The standard InChI is InChI=1S/C28H23N5O3S/c1-15(25-22(16-7-3-2-4-8-16)20-9-5-6-10-21(20)28(35)36-25)33-27-23(26(30)31-14-32-27)24(29)17-11-18(34)13-19(37)12-17/h2-15,29,34,37H,1H3,(H3,30,31,32,33). The quantitative estimate of drug-likeness (QED) is 0.152. The van der Waals surface area contributed by atoms with E-state index < -0.39 is 11.7 Å². The van der Waals surface area contributed by atoms with Crippen LogP contribution in [0.25, 0.3) is 21.9 Å². The predicted molar refractivity (Wildman–Crippen MR) is 148 cm³/mol. The van der Waals surface area contributed by atoms with Crippen LogP contribution < -0.4 is 16.7 Å². The number of phenols is 1. The van der Waals surface area contributed by atoms with E-state index in [1.54, 1.807) is 18.2 Å². The number of aromatic nitrogens is 2. The van der Waals surface area contributed by atoms with Gasteiger partial charge in [0.2, 0.25) is 0 Å². The number of hydrogen-bond acceptors (Lipinski definition) is 9. The Morgan fingerprint density at radius 2 is 1.76 bits per heavy atom. The van der Waals surface area contributed by atoms with Gasteiger partial charge in [-0.2, -0.15) is 0 Å². The lowest BCUT2D eigenvalue weighted by molar-refractivity contribution is 0.452. The van der Waals surface area contributed by atoms with Gasteiger partial charge in [-0.1, -0.05) is 48.5 Å². The smallest absolute Gasteiger partial charge is 0.343 e. The van der Waals surface area contributed by atoms with Crippen LogP contribution in [0.1, 0.15) is 29.9 Å². The highest BCUT2D eigenvalue weighted by Gasteiger charge is 2.23. The van der Waals surface area contributed by atoms with E-state index >= 15 is 0 Å². The maximum absolute atomic E-state index is 12.9. The summed E-state index contributed by atoms with van der Waals surface area (Å²) in [5, 5.41) is 23.3. The van der Waals surface area contributed by atoms with Crippen molar-refractivity contribution < 1.29 is 9.52 Å². The molecular weight excluding hydrogens is 486 g/mol. The van der Waals surface area contributed by atoms with Gasteiger partial charge in [-0.3, -0.25) is 5.41 Å². The molecule has 0 aliphatic carbocycles. The topological polar surface area (TPSA) is 138 Å². The monoisotopic (exact) mass is 509 g/mol. The molecule has 2 heterocycles. The van der Waals surface area contributed by atoms with Crippen LogP contribution in [-0.4, -0.2) is 20.8 Å². The molecule has 0 amide bonds. The van der Waals surface area contributed by atoms with E-state index in [1.165, 1.54) is 18.5 Å². The van der Waals surface area contributed by atoms with E-state index in [1.807, 2.05) is 49.4 Å². The maximum Gasteiger partial charge on any atom is 0.343 e. The van der Waals surface area contributed by atoms with Gasteiger partial charge in [-0.05, 0) is 36.8 Å². The van der Waals surface area contributed by atoms with Crippen molar-refractivity contribution in [3.05, 3.63) is 106 Å². The maximum atomic E-state index is 12.9. The van der Waals surface area contributed by atoms with E-state index in [0.717, 1.165) is 16.5 Å². The molecule has 37 heavy (non-hydrogen) atoms. The third-order valence-electron chi connectivity index (χ3n) is 5.99. The fourth-order valence-corrected chi connectivity index (χ4v) is 4.61. The zero-order chi connectivity index (χ0) is 26.1. The van der Waals surface area contributed by atoms with Crippen molar-refractivity contribution in [2.45, 2.75) is 17.9 Å². The van der Waals surface area contributed by atoms with Gasteiger partial charge in [0.15, 0.2) is 0 Å². The predicted octanol–water partition coefficient (Wildman–Crippen LogP) is 5.42. The van der Waals surface area contributed by atoms with Crippen molar-refractivity contribution in [2.24, 2.45) is 0 Å². The van der Waals surface area contributed by atoms with Gasteiger partial charge >= 0.3 is 5.63 Å². The summed E-state index contributed by atoms with van der Waals surface area (Å²) in [5.41, 5.74) is 8.05. The lowest BCUT2D eigenvalue weighted by Gasteiger charge is -2.21. The van der Waals surface area contributed by atoms with Crippen LogP contribution in [0.2, 0.25) is 0 Å². The minimum Gasteiger partial charge on any atom is -0.508 e. The van der Waals surface area contributed by atoms with E-state index in [9.17, 15) is 9.90 Å². The number of phenolic OH excluding ortho intramolecular Hbond substituents is 1. The summed E-state index contributed by atoms with van der Waals surface area (Å²) in [6.45, 7) is 1.84. The van der Waals surface area contributed by atoms with Crippen molar-refractivity contribution in [1.82, 2.24) is 9.97 Å². The number of rotatable bonds is 6. The first-order valence-electron chi connectivity index (χ1n) is 11.4. The van der Waals surface area contributed by atoms with Crippen LogP contribution in [0.5, 0.6) is 5.75 Å². The summed E-state index contributed by atoms with van der Waals surface area (Å²) < 4.78 is 5.87. The highest BCUT2D eigenvalue weighted by atomic mass is 32.1. The third kappa shape index (κ3) is 4.64. The molecule has 0 radical (unpaired) electrons. The SMILES string of the molecule is CC(Nc1ncnc(N)c1C(=N)c1cc(O)cc(S)c1)c1oc(=O)c2ccccc2c1-c1ccccc1. The van der Waals surface area contributed by atoms with Crippen LogP contribution >= 0.6 is 12.6 Å². The minimum atomic E-state index is -0.544. The van der Waals surface area contributed by atoms with Gasteiger partial charge in [-0.15, -0.1) is 12.6 Å². The zero-order valence-corrected chi connectivity index (χ0v) is 20.7. The second kappa shape index (κ2) is 9.79. The van der Waals surface area contributed by atoms with Gasteiger partial charge in [0.25, 0.3) is 0 Å². The number of fused-ring (bicyclic) bond motifs is 1. The highest BCUT2D eigenvalue weighted by molar-refractivity contribution is 7.80. The third-order valence-corrected chi connectivity index (χ3v) is 6.25. The number of nitrogens with two attached hydrogens (primary N) is 1. The Kier molecular flexibility index (Phi) is 6.37. The van der Waals surface area contributed by atoms with Crippen molar-refractivity contribution in [3.63, 3.8) is 0 Å². The second-order valence-electron chi connectivity index (χ2n) is 8.50. The highest BCUT2D eigenvalue weighted by Crippen LogP contribution is 2.36. The zero-order valence-electron chi connectivity index (χ0n) is 19.8. The normalized spacial score (nSPS) is 11.8. The molecule has 0 saturated heterocycles. The molecule has 3 aromatic carbocycles. The Morgan fingerprint density at radius 3 is 2.49 bits per heavy atom. The number of benzene rings is 3. The molecule has 5 N–H and O–H groups in total. The molecule has 0 aliphatic rings. The number of anilines is 2. The van der Waals surface area contributed by atoms with E-state index in [2.05, 4.69) is 27.9 Å². The summed E-state index contributed by atoms with van der Waals surface area (Å²) >= 11 is 4.29. The van der Waals surface area contributed by atoms with E-state index in [0.29, 0.717) is 21.6 Å². The number of thiol groups is 1. The summed E-state index contributed by atoms with van der Waals surface area (Å²) in [5.74, 6) is 0.751. The van der Waals surface area contributed by atoms with E-state index in [-0.39, 0.29) is 28.7 Å². The molecule has 0 saturated carbocycles. The van der Waals surface area contributed by atoms with Crippen LogP contribution in [0, 0.1) is 5.41 Å². The van der Waals surface area contributed by atoms with Gasteiger partial charge in [-0.25, -0.2) is 14.8 Å². The molecule has 1 atom stereocenters. The van der Waals surface area contributed by atoms with Gasteiger partial charge in [0, 0.05) is 21.4 Å². The Labute approximate surface area is 217 Å². The van der Waals surface area contributed by atoms with Crippen LogP contribution in [0.4, 0.5) is 11.6 Å². The fraction of sp³-hybridized carbons (Fsp3) is 0.0714. The number of nitrogens with zero attached hydrogens (tertiary/aromatic N) is 2. The molecule has 1 unspecified atom stereocenters. The summed E-state index contributed by atoms with van der Waals surface area (Å²) in [6, 6.07) is 21.0. The van der Waals surface area contributed by atoms with Crippen LogP contribution in [-0.2, 0) is 0 Å². The molecule has 8 nitrogen and oxygen atoms in total. The molecule has 5 aromatic rings. The minimum absolute atomic E-state index is 0.00208. The Morgan fingerprint density at radius 1 is 1.05 bits per heavy atom. The number of aromatic hydroxyl groups is 1. The van der Waals surface area contributed by atoms with Gasteiger partial charge in [0.1, 0.15) is 29.5 Å². The molecular formula is C28H23N5O3S. The number of hydrogen-bond donors (Lipinski definition) is 5. The Balaban J connectivity index is 1.63. The van der Waals surface area contributed by atoms with Crippen molar-refractivity contribution >= 4 is 40.7 Å². The second-order valence-corrected chi connectivity index (χ2v) is 9.02. The molecule has 5 rings (SSSR count). The summed E-state index contributed by atoms with van der Waals surface area (Å²) in [4.78, 5) is 21.8. The lowest BCUT2D eigenvalue weighted by Crippen LogP contribution is -2.18. The Bertz CT molecular complexity index is 1680. The average Bonchev–Trinajstić information content (AvgIpc) is 2.88. The molecule has 9 heteroatoms. The number of nitrogen functional groups attached to an aromatic ring is 1. The molecule has 0 aliphatic heterocycles. The van der Waals surface area contributed by atoms with Crippen molar-refractivity contribution in [2.75, 3.05) is 11.1 Å².